The van der Waals surface area contributed by atoms with E-state index in [2.05, 4.69) is 5.32 Å². The lowest BCUT2D eigenvalue weighted by Gasteiger charge is -2.01. The van der Waals surface area contributed by atoms with Crippen LogP contribution in [-0.4, -0.2) is 38.5 Å². The summed E-state index contributed by atoms with van der Waals surface area (Å²) in [6.45, 7) is 2.94. The van der Waals surface area contributed by atoms with Gasteiger partial charge in [-0.25, -0.2) is 0 Å². The molecule has 0 saturated heterocycles. The van der Waals surface area contributed by atoms with E-state index < -0.39 is 0 Å². The monoisotopic (exact) mass is 147 g/mol. The van der Waals surface area contributed by atoms with Crippen molar-refractivity contribution in [2.45, 2.75) is 12.8 Å². The van der Waals surface area contributed by atoms with E-state index in [0.29, 0.717) is 6.61 Å². The molecule has 62 valence electrons. The summed E-state index contributed by atoms with van der Waals surface area (Å²) in [5.41, 5.74) is 0. The molecule has 0 heterocycles. The zero-order valence-corrected chi connectivity index (χ0v) is 6.60. The molecule has 0 aromatic rings. The number of rotatable bonds is 7. The highest BCUT2D eigenvalue weighted by molar-refractivity contribution is 4.45. The zero-order valence-electron chi connectivity index (χ0n) is 6.60. The number of ether oxygens (including phenoxy) is 1. The van der Waals surface area contributed by atoms with E-state index in [0.717, 1.165) is 32.5 Å². The lowest BCUT2D eigenvalue weighted by atomic mass is 10.3. The molecule has 0 rings (SSSR count). The van der Waals surface area contributed by atoms with Crippen LogP contribution < -0.4 is 5.32 Å². The highest BCUT2D eigenvalue weighted by Crippen LogP contribution is 1.82. The van der Waals surface area contributed by atoms with Gasteiger partial charge in [-0.05, 0) is 19.4 Å². The smallest absolute Gasteiger partial charge is 0.0587 e. The van der Waals surface area contributed by atoms with Crippen molar-refractivity contribution >= 4 is 0 Å². The summed E-state index contributed by atoms with van der Waals surface area (Å²) in [7, 11) is 1.69. The molecule has 0 saturated carbocycles. The van der Waals surface area contributed by atoms with Crippen molar-refractivity contribution in [2.75, 3.05) is 33.4 Å². The maximum absolute atomic E-state index is 8.42. The standard InChI is InChI=1S/C7H17NO2/c1-10-7-5-8-4-2-3-6-9/h8-9H,2-7H2,1H3. The summed E-state index contributed by atoms with van der Waals surface area (Å²) in [4.78, 5) is 0. The molecular weight excluding hydrogens is 130 g/mol. The Morgan fingerprint density at radius 3 is 2.70 bits per heavy atom. The van der Waals surface area contributed by atoms with Gasteiger partial charge in [0.05, 0.1) is 6.61 Å². The number of aliphatic hydroxyl groups excluding tert-OH is 1. The Morgan fingerprint density at radius 1 is 1.30 bits per heavy atom. The number of aliphatic hydroxyl groups is 1. The van der Waals surface area contributed by atoms with Gasteiger partial charge in [-0.1, -0.05) is 0 Å². The number of hydrogen-bond acceptors (Lipinski definition) is 3. The molecule has 0 bridgehead atoms. The third kappa shape index (κ3) is 7.88. The minimum atomic E-state index is 0.298. The Bertz CT molecular complexity index is 51.6. The van der Waals surface area contributed by atoms with E-state index in [-0.39, 0.29) is 0 Å². The predicted octanol–water partition coefficient (Wildman–Crippen LogP) is -0.00510. The fourth-order valence-corrected chi connectivity index (χ4v) is 0.661. The summed E-state index contributed by atoms with van der Waals surface area (Å²) in [6.07, 6.45) is 1.93. The van der Waals surface area contributed by atoms with E-state index in [1.807, 2.05) is 0 Å². The molecule has 0 aromatic heterocycles. The van der Waals surface area contributed by atoms with Crippen LogP contribution in [0.3, 0.4) is 0 Å². The van der Waals surface area contributed by atoms with Crippen molar-refractivity contribution in [3.8, 4) is 0 Å². The van der Waals surface area contributed by atoms with Gasteiger partial charge in [0.2, 0.25) is 0 Å². The largest absolute Gasteiger partial charge is 0.396 e. The average Bonchev–Trinajstić information content (AvgIpc) is 1.97. The molecule has 0 aromatic carbocycles. The van der Waals surface area contributed by atoms with E-state index in [9.17, 15) is 0 Å². The molecule has 0 spiro atoms. The third-order valence-electron chi connectivity index (χ3n) is 1.24. The van der Waals surface area contributed by atoms with Crippen molar-refractivity contribution in [1.82, 2.24) is 5.32 Å². The fourth-order valence-electron chi connectivity index (χ4n) is 0.661. The van der Waals surface area contributed by atoms with Gasteiger partial charge in [-0.3, -0.25) is 0 Å². The van der Waals surface area contributed by atoms with Gasteiger partial charge in [0, 0.05) is 20.3 Å². The first-order valence-electron chi connectivity index (χ1n) is 3.72. The first kappa shape index (κ1) is 9.88. The maximum Gasteiger partial charge on any atom is 0.0587 e. The van der Waals surface area contributed by atoms with Gasteiger partial charge >= 0.3 is 0 Å². The molecule has 0 aliphatic rings. The van der Waals surface area contributed by atoms with E-state index in [1.54, 1.807) is 7.11 Å². The SMILES string of the molecule is COCCNCCCCO. The van der Waals surface area contributed by atoms with Gasteiger partial charge in [0.25, 0.3) is 0 Å². The lowest BCUT2D eigenvalue weighted by molar-refractivity contribution is 0.199. The second-order valence-corrected chi connectivity index (χ2v) is 2.17. The molecule has 3 nitrogen and oxygen atoms in total. The molecule has 0 unspecified atom stereocenters. The average molecular weight is 147 g/mol. The molecule has 10 heavy (non-hydrogen) atoms. The Hall–Kier alpha value is -0.120. The Kier molecular flexibility index (Phi) is 8.77. The van der Waals surface area contributed by atoms with Gasteiger partial charge in [-0.2, -0.15) is 0 Å². The minimum Gasteiger partial charge on any atom is -0.396 e. The van der Waals surface area contributed by atoms with Crippen molar-refractivity contribution < 1.29 is 9.84 Å². The topological polar surface area (TPSA) is 41.5 Å². The van der Waals surface area contributed by atoms with Crippen LogP contribution in [0.2, 0.25) is 0 Å². The lowest BCUT2D eigenvalue weighted by Crippen LogP contribution is -2.20. The molecule has 0 amide bonds. The summed E-state index contributed by atoms with van der Waals surface area (Å²) >= 11 is 0. The Labute approximate surface area is 62.4 Å². The van der Waals surface area contributed by atoms with Crippen LogP contribution in [0.5, 0.6) is 0 Å². The molecule has 0 radical (unpaired) electrons. The van der Waals surface area contributed by atoms with Crippen molar-refractivity contribution in [3.05, 3.63) is 0 Å². The minimum absolute atomic E-state index is 0.298. The zero-order chi connectivity index (χ0) is 7.66. The van der Waals surface area contributed by atoms with E-state index in [1.165, 1.54) is 0 Å². The third-order valence-corrected chi connectivity index (χ3v) is 1.24. The second-order valence-electron chi connectivity index (χ2n) is 2.17. The van der Waals surface area contributed by atoms with Crippen LogP contribution >= 0.6 is 0 Å². The molecular formula is C7H17NO2. The van der Waals surface area contributed by atoms with Gasteiger partial charge in [0.1, 0.15) is 0 Å². The molecule has 0 atom stereocenters. The first-order valence-corrected chi connectivity index (χ1v) is 3.72. The number of hydrogen-bond donors (Lipinski definition) is 2. The van der Waals surface area contributed by atoms with Crippen molar-refractivity contribution in [1.29, 1.82) is 0 Å². The van der Waals surface area contributed by atoms with Crippen molar-refractivity contribution in [3.63, 3.8) is 0 Å². The molecule has 2 N–H and O–H groups in total. The van der Waals surface area contributed by atoms with Crippen LogP contribution in [0.1, 0.15) is 12.8 Å². The predicted molar refractivity (Wildman–Crippen MR) is 41.1 cm³/mol. The quantitative estimate of drug-likeness (QED) is 0.498. The molecule has 0 aliphatic carbocycles. The summed E-state index contributed by atoms with van der Waals surface area (Å²) in [5, 5.41) is 11.6. The van der Waals surface area contributed by atoms with Gasteiger partial charge in [-0.15, -0.1) is 0 Å². The second kappa shape index (κ2) is 8.88. The van der Waals surface area contributed by atoms with Crippen LogP contribution in [0, 0.1) is 0 Å². The normalized spacial score (nSPS) is 10.2. The first-order chi connectivity index (χ1) is 4.91. The summed E-state index contributed by atoms with van der Waals surface area (Å²) in [6, 6.07) is 0. The van der Waals surface area contributed by atoms with E-state index in [4.69, 9.17) is 9.84 Å². The number of methoxy groups -OCH3 is 1. The Morgan fingerprint density at radius 2 is 2.10 bits per heavy atom. The fraction of sp³-hybridized carbons (Fsp3) is 1.00. The highest BCUT2D eigenvalue weighted by Gasteiger charge is 1.85. The molecule has 0 fully saturated rings. The Balaban J connectivity index is 2.65. The molecule has 3 heteroatoms. The van der Waals surface area contributed by atoms with Crippen LogP contribution in [0.4, 0.5) is 0 Å². The van der Waals surface area contributed by atoms with Crippen LogP contribution in [-0.2, 0) is 4.74 Å². The van der Waals surface area contributed by atoms with Gasteiger partial charge in [0.15, 0.2) is 0 Å². The summed E-state index contributed by atoms with van der Waals surface area (Å²) in [5.74, 6) is 0. The maximum atomic E-state index is 8.42. The van der Waals surface area contributed by atoms with Crippen LogP contribution in [0.15, 0.2) is 0 Å². The summed E-state index contributed by atoms with van der Waals surface area (Å²) < 4.78 is 4.84. The van der Waals surface area contributed by atoms with Crippen molar-refractivity contribution in [2.24, 2.45) is 0 Å². The van der Waals surface area contributed by atoms with Gasteiger partial charge < -0.3 is 15.2 Å². The highest BCUT2D eigenvalue weighted by atomic mass is 16.5. The number of nitrogens with one attached hydrogen (secondary N) is 1. The number of unbranched alkanes of at least 4 members (excludes halogenated alkanes) is 1. The van der Waals surface area contributed by atoms with E-state index >= 15 is 0 Å². The molecule has 0 aliphatic heterocycles. The van der Waals surface area contributed by atoms with Crippen LogP contribution in [0.25, 0.3) is 0 Å².